The Balaban J connectivity index is 1.77. The van der Waals surface area contributed by atoms with Crippen LogP contribution in [0.15, 0.2) is 0 Å². The summed E-state index contributed by atoms with van der Waals surface area (Å²) in [5.41, 5.74) is 6.10. The predicted octanol–water partition coefficient (Wildman–Crippen LogP) is 0.322. The molecule has 0 amide bonds. The number of aromatic nitrogens is 4. The minimum atomic E-state index is 0.438. The van der Waals surface area contributed by atoms with Crippen molar-refractivity contribution in [2.24, 2.45) is 17.1 Å². The smallest absolute Gasteiger partial charge is 0.164 e. The summed E-state index contributed by atoms with van der Waals surface area (Å²) in [6, 6.07) is 0. The predicted molar refractivity (Wildman–Crippen MR) is 50.1 cm³/mol. The molecule has 5 nitrogen and oxygen atoms in total. The van der Waals surface area contributed by atoms with Crippen LogP contribution in [0, 0.1) is 11.3 Å². The molecule has 0 saturated heterocycles. The van der Waals surface area contributed by atoms with E-state index < -0.39 is 0 Å². The first-order valence-electron chi connectivity index (χ1n) is 5.29. The summed E-state index contributed by atoms with van der Waals surface area (Å²) in [6.07, 6.45) is 5.50. The molecule has 2 aliphatic carbocycles. The Labute approximate surface area is 82.7 Å². The van der Waals surface area contributed by atoms with E-state index in [1.165, 1.54) is 25.7 Å². The monoisotopic (exact) mass is 193 g/mol. The maximum absolute atomic E-state index is 5.56. The molecule has 2 N–H and O–H groups in total. The summed E-state index contributed by atoms with van der Waals surface area (Å²) in [5.74, 6) is 1.76. The normalized spacial score (nSPS) is 23.8. The van der Waals surface area contributed by atoms with E-state index in [1.54, 1.807) is 0 Å². The van der Waals surface area contributed by atoms with Crippen molar-refractivity contribution in [2.45, 2.75) is 38.8 Å². The zero-order valence-corrected chi connectivity index (χ0v) is 8.19. The Hall–Kier alpha value is -0.970. The minimum absolute atomic E-state index is 0.438. The average molecular weight is 193 g/mol. The van der Waals surface area contributed by atoms with Crippen molar-refractivity contribution in [1.82, 2.24) is 20.2 Å². The molecule has 0 bridgehead atoms. The van der Waals surface area contributed by atoms with Gasteiger partial charge in [0.25, 0.3) is 0 Å². The van der Waals surface area contributed by atoms with Crippen LogP contribution >= 0.6 is 0 Å². The van der Waals surface area contributed by atoms with E-state index in [9.17, 15) is 0 Å². The number of nitrogens with zero attached hydrogens (tertiary/aromatic N) is 4. The Morgan fingerprint density at radius 3 is 2.79 bits per heavy atom. The lowest BCUT2D eigenvalue weighted by atomic mass is 10.0. The lowest BCUT2D eigenvalue weighted by Gasteiger charge is -2.13. The highest BCUT2D eigenvalue weighted by atomic mass is 15.5. The van der Waals surface area contributed by atoms with Crippen molar-refractivity contribution in [2.75, 3.05) is 0 Å². The molecule has 1 aromatic heterocycles. The van der Waals surface area contributed by atoms with Gasteiger partial charge in [-0.15, -0.1) is 5.10 Å². The van der Waals surface area contributed by atoms with Crippen LogP contribution in [-0.2, 0) is 13.1 Å². The average Bonchev–Trinajstić information content (AvgIpc) is 3.04. The number of tetrazole rings is 1. The third-order valence-electron chi connectivity index (χ3n) is 3.59. The van der Waals surface area contributed by atoms with Crippen LogP contribution in [0.4, 0.5) is 0 Å². The van der Waals surface area contributed by atoms with E-state index in [0.29, 0.717) is 12.0 Å². The topological polar surface area (TPSA) is 69.6 Å². The van der Waals surface area contributed by atoms with Gasteiger partial charge < -0.3 is 5.73 Å². The molecule has 2 saturated carbocycles. The molecule has 0 radical (unpaired) electrons. The van der Waals surface area contributed by atoms with Crippen LogP contribution in [0.5, 0.6) is 0 Å². The Bertz CT molecular complexity index is 337. The molecule has 3 rings (SSSR count). The lowest BCUT2D eigenvalue weighted by molar-refractivity contribution is 0.340. The second-order valence-electron chi connectivity index (χ2n) is 4.59. The molecule has 1 aromatic rings. The lowest BCUT2D eigenvalue weighted by Crippen LogP contribution is -2.18. The molecule has 0 aromatic carbocycles. The molecule has 2 aliphatic rings. The number of hydrogen-bond acceptors (Lipinski definition) is 4. The minimum Gasteiger partial charge on any atom is -0.324 e. The van der Waals surface area contributed by atoms with Gasteiger partial charge >= 0.3 is 0 Å². The van der Waals surface area contributed by atoms with Crippen LogP contribution < -0.4 is 5.73 Å². The fourth-order valence-electron chi connectivity index (χ4n) is 2.34. The SMILES string of the molecule is NCc1nnnn1CC1(C2CC2)CC1. The fraction of sp³-hybridized carbons (Fsp3) is 0.889. The maximum atomic E-state index is 5.56. The van der Waals surface area contributed by atoms with Gasteiger partial charge in [0.15, 0.2) is 5.82 Å². The van der Waals surface area contributed by atoms with Gasteiger partial charge in [-0.2, -0.15) is 0 Å². The van der Waals surface area contributed by atoms with Crippen molar-refractivity contribution in [1.29, 1.82) is 0 Å². The number of nitrogens with two attached hydrogens (primary N) is 1. The van der Waals surface area contributed by atoms with E-state index in [2.05, 4.69) is 15.5 Å². The van der Waals surface area contributed by atoms with E-state index in [4.69, 9.17) is 5.73 Å². The molecular formula is C9H15N5. The largest absolute Gasteiger partial charge is 0.324 e. The van der Waals surface area contributed by atoms with E-state index in [-0.39, 0.29) is 0 Å². The number of hydrogen-bond donors (Lipinski definition) is 1. The van der Waals surface area contributed by atoms with Crippen LogP contribution in [-0.4, -0.2) is 20.2 Å². The Kier molecular flexibility index (Phi) is 1.65. The molecule has 0 unspecified atom stereocenters. The van der Waals surface area contributed by atoms with Crippen LogP contribution in [0.25, 0.3) is 0 Å². The second kappa shape index (κ2) is 2.76. The van der Waals surface area contributed by atoms with E-state index >= 15 is 0 Å². The fourth-order valence-corrected chi connectivity index (χ4v) is 2.34. The first-order valence-corrected chi connectivity index (χ1v) is 5.29. The molecule has 0 aliphatic heterocycles. The van der Waals surface area contributed by atoms with Gasteiger partial charge in [-0.25, -0.2) is 4.68 Å². The second-order valence-corrected chi connectivity index (χ2v) is 4.59. The van der Waals surface area contributed by atoms with Gasteiger partial charge in [0.2, 0.25) is 0 Å². The first-order chi connectivity index (χ1) is 6.84. The Morgan fingerprint density at radius 1 is 1.43 bits per heavy atom. The summed E-state index contributed by atoms with van der Waals surface area (Å²) in [6.45, 7) is 1.42. The number of rotatable bonds is 4. The van der Waals surface area contributed by atoms with Crippen LogP contribution in [0.3, 0.4) is 0 Å². The highest BCUT2D eigenvalue weighted by molar-refractivity contribution is 5.04. The molecule has 76 valence electrons. The first kappa shape index (κ1) is 8.35. The third-order valence-corrected chi connectivity index (χ3v) is 3.59. The zero-order valence-electron chi connectivity index (χ0n) is 8.19. The van der Waals surface area contributed by atoms with Gasteiger partial charge in [-0.05, 0) is 47.4 Å². The summed E-state index contributed by atoms with van der Waals surface area (Å²) in [5, 5.41) is 11.6. The summed E-state index contributed by atoms with van der Waals surface area (Å²) in [7, 11) is 0. The van der Waals surface area contributed by atoms with Crippen LogP contribution in [0.1, 0.15) is 31.5 Å². The Morgan fingerprint density at radius 2 is 2.21 bits per heavy atom. The van der Waals surface area contributed by atoms with Crippen molar-refractivity contribution in [3.63, 3.8) is 0 Å². The standard InChI is InChI=1S/C9H15N5/c10-5-8-11-12-13-14(8)6-9(3-4-9)7-1-2-7/h7H,1-6,10H2. The van der Waals surface area contributed by atoms with Gasteiger partial charge in [-0.3, -0.25) is 0 Å². The molecule has 14 heavy (non-hydrogen) atoms. The highest BCUT2D eigenvalue weighted by Gasteiger charge is 2.54. The zero-order chi connectivity index (χ0) is 9.60. The molecule has 2 fully saturated rings. The van der Waals surface area contributed by atoms with Crippen molar-refractivity contribution in [3.05, 3.63) is 5.82 Å². The summed E-state index contributed by atoms with van der Waals surface area (Å²) in [4.78, 5) is 0. The molecule has 0 atom stereocenters. The van der Waals surface area contributed by atoms with Crippen molar-refractivity contribution < 1.29 is 0 Å². The van der Waals surface area contributed by atoms with Crippen molar-refractivity contribution >= 4 is 0 Å². The maximum Gasteiger partial charge on any atom is 0.164 e. The summed E-state index contributed by atoms with van der Waals surface area (Å²) < 4.78 is 1.89. The van der Waals surface area contributed by atoms with Crippen LogP contribution in [0.2, 0.25) is 0 Å². The third kappa shape index (κ3) is 1.23. The van der Waals surface area contributed by atoms with Gasteiger partial charge in [0, 0.05) is 0 Å². The molecular weight excluding hydrogens is 178 g/mol. The van der Waals surface area contributed by atoms with E-state index in [0.717, 1.165) is 18.3 Å². The van der Waals surface area contributed by atoms with E-state index in [1.807, 2.05) is 4.68 Å². The van der Waals surface area contributed by atoms with Gasteiger partial charge in [0.05, 0.1) is 13.1 Å². The van der Waals surface area contributed by atoms with Gasteiger partial charge in [-0.1, -0.05) is 0 Å². The molecule has 1 heterocycles. The summed E-state index contributed by atoms with van der Waals surface area (Å²) >= 11 is 0. The molecule has 5 heteroatoms. The van der Waals surface area contributed by atoms with Crippen molar-refractivity contribution in [3.8, 4) is 0 Å². The highest BCUT2D eigenvalue weighted by Crippen LogP contribution is 2.62. The quantitative estimate of drug-likeness (QED) is 0.747. The molecule has 0 spiro atoms. The van der Waals surface area contributed by atoms with Gasteiger partial charge in [0.1, 0.15) is 0 Å².